The minimum absolute atomic E-state index is 0.229. The van der Waals surface area contributed by atoms with Crippen LogP contribution in [-0.4, -0.2) is 16.8 Å². The van der Waals surface area contributed by atoms with Crippen LogP contribution in [0, 0.1) is 0 Å². The zero-order valence-corrected chi connectivity index (χ0v) is 16.1. The number of thiazole rings is 1. The van der Waals surface area contributed by atoms with Crippen LogP contribution < -0.4 is 10.6 Å². The van der Waals surface area contributed by atoms with E-state index < -0.39 is 11.7 Å². The second-order valence-corrected chi connectivity index (χ2v) is 8.00. The van der Waals surface area contributed by atoms with Crippen LogP contribution in [0.3, 0.4) is 0 Å². The fourth-order valence-electron chi connectivity index (χ4n) is 2.37. The molecule has 0 saturated heterocycles. The van der Waals surface area contributed by atoms with Gasteiger partial charge < -0.3 is 5.32 Å². The van der Waals surface area contributed by atoms with E-state index in [2.05, 4.69) is 15.6 Å². The highest BCUT2D eigenvalue weighted by Gasteiger charge is 2.30. The van der Waals surface area contributed by atoms with Crippen molar-refractivity contribution in [1.29, 1.82) is 0 Å². The van der Waals surface area contributed by atoms with Crippen molar-refractivity contribution < 1.29 is 22.8 Å². The largest absolute Gasteiger partial charge is 0.416 e. The normalized spacial score (nSPS) is 11.3. The van der Waals surface area contributed by atoms with Gasteiger partial charge in [0, 0.05) is 24.4 Å². The van der Waals surface area contributed by atoms with Crippen molar-refractivity contribution in [2.75, 3.05) is 10.6 Å². The number of rotatable bonds is 5. The van der Waals surface area contributed by atoms with Gasteiger partial charge in [0.05, 0.1) is 15.4 Å². The van der Waals surface area contributed by atoms with Crippen molar-refractivity contribution in [3.8, 4) is 0 Å². The highest BCUT2D eigenvalue weighted by molar-refractivity contribution is 7.18. The Bertz CT molecular complexity index is 1010. The second-order valence-electron chi connectivity index (χ2n) is 5.81. The number of hydrogen-bond donors (Lipinski definition) is 2. The van der Waals surface area contributed by atoms with Gasteiger partial charge in [-0.3, -0.25) is 14.9 Å². The quantitative estimate of drug-likeness (QED) is 0.603. The molecule has 0 unspecified atom stereocenters. The number of nitrogens with one attached hydrogen (secondary N) is 2. The summed E-state index contributed by atoms with van der Waals surface area (Å²) in [6.45, 7) is 1.38. The third-order valence-corrected chi connectivity index (χ3v) is 5.45. The van der Waals surface area contributed by atoms with E-state index in [4.69, 9.17) is 0 Å². The molecular weight excluding hydrogens is 411 g/mol. The van der Waals surface area contributed by atoms with Crippen LogP contribution in [0.4, 0.5) is 23.3 Å². The molecule has 3 rings (SSSR count). The molecule has 0 aliphatic rings. The first-order chi connectivity index (χ1) is 13.2. The van der Waals surface area contributed by atoms with Crippen LogP contribution in [0.5, 0.6) is 0 Å². The van der Waals surface area contributed by atoms with Crippen molar-refractivity contribution in [2.24, 2.45) is 0 Å². The number of amides is 2. The van der Waals surface area contributed by atoms with Gasteiger partial charge in [0.2, 0.25) is 5.91 Å². The predicted octanol–water partition coefficient (Wildman–Crippen LogP) is 5.02. The Morgan fingerprint density at radius 2 is 1.89 bits per heavy atom. The van der Waals surface area contributed by atoms with E-state index >= 15 is 0 Å². The summed E-state index contributed by atoms with van der Waals surface area (Å²) in [5.74, 6) is -0.602. The lowest BCUT2D eigenvalue weighted by Gasteiger charge is -2.07. The van der Waals surface area contributed by atoms with Crippen LogP contribution in [-0.2, 0) is 17.4 Å². The zero-order chi connectivity index (χ0) is 20.3. The predicted molar refractivity (Wildman–Crippen MR) is 103 cm³/mol. The smallest absolute Gasteiger partial charge is 0.318 e. The van der Waals surface area contributed by atoms with Crippen LogP contribution in [0.25, 0.3) is 0 Å². The molecule has 1 aromatic carbocycles. The first-order valence-corrected chi connectivity index (χ1v) is 9.63. The molecule has 5 nitrogen and oxygen atoms in total. The van der Waals surface area contributed by atoms with E-state index in [9.17, 15) is 22.8 Å². The van der Waals surface area contributed by atoms with Gasteiger partial charge in [-0.1, -0.05) is 18.2 Å². The summed E-state index contributed by atoms with van der Waals surface area (Å²) in [6, 6.07) is 8.32. The lowest BCUT2D eigenvalue weighted by atomic mass is 10.1. The van der Waals surface area contributed by atoms with E-state index in [0.29, 0.717) is 20.6 Å². The summed E-state index contributed by atoms with van der Waals surface area (Å²) in [5, 5.41) is 6.16. The molecule has 146 valence electrons. The molecule has 2 heterocycles. The van der Waals surface area contributed by atoms with E-state index in [0.717, 1.165) is 28.3 Å². The molecule has 0 aliphatic carbocycles. The SMILES string of the molecule is CC(=O)Nc1ccc(C(=O)Nc2ncc(Cc3cccc(C(F)(F)F)c3)s2)s1. The van der Waals surface area contributed by atoms with Crippen molar-refractivity contribution in [1.82, 2.24) is 4.98 Å². The number of thiophene rings is 1. The van der Waals surface area contributed by atoms with Crippen molar-refractivity contribution in [2.45, 2.75) is 19.5 Å². The third-order valence-electron chi connectivity index (χ3n) is 3.54. The summed E-state index contributed by atoms with van der Waals surface area (Å²) in [7, 11) is 0. The van der Waals surface area contributed by atoms with Crippen LogP contribution in [0.15, 0.2) is 42.6 Å². The van der Waals surface area contributed by atoms with E-state index in [1.807, 2.05) is 0 Å². The average Bonchev–Trinajstić information content (AvgIpc) is 3.23. The van der Waals surface area contributed by atoms with Gasteiger partial charge in [-0.25, -0.2) is 4.98 Å². The summed E-state index contributed by atoms with van der Waals surface area (Å²) >= 11 is 2.32. The highest BCUT2D eigenvalue weighted by Crippen LogP contribution is 2.31. The molecule has 3 aromatic rings. The van der Waals surface area contributed by atoms with Gasteiger partial charge in [-0.05, 0) is 23.8 Å². The Morgan fingerprint density at radius 3 is 2.61 bits per heavy atom. The molecule has 0 fully saturated rings. The van der Waals surface area contributed by atoms with Gasteiger partial charge in [0.25, 0.3) is 5.91 Å². The number of carbonyl (C=O) groups excluding carboxylic acids is 2. The molecule has 0 radical (unpaired) electrons. The van der Waals surface area contributed by atoms with E-state index in [-0.39, 0.29) is 18.2 Å². The summed E-state index contributed by atoms with van der Waals surface area (Å²) in [4.78, 5) is 28.5. The van der Waals surface area contributed by atoms with Gasteiger partial charge in [-0.2, -0.15) is 13.2 Å². The molecule has 10 heteroatoms. The summed E-state index contributed by atoms with van der Waals surface area (Å²) in [6.07, 6.45) is -2.58. The summed E-state index contributed by atoms with van der Waals surface area (Å²) in [5.41, 5.74) is -0.190. The van der Waals surface area contributed by atoms with Crippen LogP contribution in [0.2, 0.25) is 0 Å². The molecule has 0 bridgehead atoms. The first kappa shape index (κ1) is 20.0. The maximum atomic E-state index is 12.8. The van der Waals surface area contributed by atoms with Crippen LogP contribution in [0.1, 0.15) is 32.6 Å². The first-order valence-electron chi connectivity index (χ1n) is 8.00. The van der Waals surface area contributed by atoms with Gasteiger partial charge in [0.15, 0.2) is 5.13 Å². The Morgan fingerprint density at radius 1 is 1.11 bits per heavy atom. The molecule has 2 N–H and O–H groups in total. The molecule has 0 atom stereocenters. The third kappa shape index (κ3) is 5.17. The molecule has 0 spiro atoms. The Labute approximate surface area is 166 Å². The Hall–Kier alpha value is -2.72. The number of anilines is 2. The summed E-state index contributed by atoms with van der Waals surface area (Å²) < 4.78 is 38.4. The van der Waals surface area contributed by atoms with Crippen molar-refractivity contribution >= 4 is 44.6 Å². The second kappa shape index (κ2) is 8.11. The minimum Gasteiger partial charge on any atom is -0.318 e. The monoisotopic (exact) mass is 425 g/mol. The number of benzene rings is 1. The molecule has 0 saturated carbocycles. The van der Waals surface area contributed by atoms with Gasteiger partial charge in [0.1, 0.15) is 0 Å². The number of hydrogen-bond acceptors (Lipinski definition) is 5. The van der Waals surface area contributed by atoms with Crippen molar-refractivity contribution in [3.63, 3.8) is 0 Å². The molecule has 2 aromatic heterocycles. The number of aromatic nitrogens is 1. The highest BCUT2D eigenvalue weighted by atomic mass is 32.1. The topological polar surface area (TPSA) is 71.1 Å². The number of halogens is 3. The molecule has 2 amide bonds. The fraction of sp³-hybridized carbons (Fsp3) is 0.167. The number of carbonyl (C=O) groups is 2. The lowest BCUT2D eigenvalue weighted by molar-refractivity contribution is -0.137. The van der Waals surface area contributed by atoms with Gasteiger partial charge >= 0.3 is 6.18 Å². The minimum atomic E-state index is -4.39. The van der Waals surface area contributed by atoms with Crippen molar-refractivity contribution in [3.05, 3.63) is 63.5 Å². The molecule has 28 heavy (non-hydrogen) atoms. The maximum absolute atomic E-state index is 12.8. The fourth-order valence-corrected chi connectivity index (χ4v) is 4.05. The van der Waals surface area contributed by atoms with E-state index in [1.54, 1.807) is 18.2 Å². The average molecular weight is 425 g/mol. The Kier molecular flexibility index (Phi) is 5.80. The zero-order valence-electron chi connectivity index (χ0n) is 14.5. The number of alkyl halides is 3. The maximum Gasteiger partial charge on any atom is 0.416 e. The number of nitrogens with zero attached hydrogens (tertiary/aromatic N) is 1. The molecule has 0 aliphatic heterocycles. The molecular formula is C18H14F3N3O2S2. The van der Waals surface area contributed by atoms with Crippen LogP contribution >= 0.6 is 22.7 Å². The standard InChI is InChI=1S/C18H14F3N3O2S2/c1-10(25)23-15-6-5-14(28-15)16(26)24-17-22-9-13(27-17)8-11-3-2-4-12(7-11)18(19,20)21/h2-7,9H,8H2,1H3,(H,23,25)(H,22,24,26). The van der Waals surface area contributed by atoms with Gasteiger partial charge in [-0.15, -0.1) is 22.7 Å². The Balaban J connectivity index is 1.65. The lowest BCUT2D eigenvalue weighted by Crippen LogP contribution is -2.09. The van der Waals surface area contributed by atoms with E-state index in [1.165, 1.54) is 30.5 Å².